The monoisotopic (exact) mass is 281 g/mol. The maximum Gasteiger partial charge on any atom is 0.323 e. The van der Waals surface area contributed by atoms with Gasteiger partial charge in [-0.25, -0.2) is 0 Å². The second-order valence-corrected chi connectivity index (χ2v) is 6.80. The summed E-state index contributed by atoms with van der Waals surface area (Å²) in [5, 5.41) is 13.9. The van der Waals surface area contributed by atoms with Gasteiger partial charge in [0.05, 0.1) is 5.69 Å². The average molecular weight is 281 g/mol. The lowest BCUT2D eigenvalue weighted by Crippen LogP contribution is -2.49. The van der Waals surface area contributed by atoms with E-state index in [1.807, 2.05) is 25.1 Å². The number of likely N-dealkylation sites (N-methyl/N-ethyl adjacent to an activating group) is 1. The molecule has 1 heterocycles. The first kappa shape index (κ1) is 16.7. The van der Waals surface area contributed by atoms with Crippen LogP contribution in [-0.4, -0.2) is 37.8 Å². The standard InChI is InChI=1S/C15H27N3O2/c1-8-18(15(5,6)13(19)20)10-11-9-17(7)16-12(11)14(2,3)4/h9H,8,10H2,1-7H3,(H,19,20). The zero-order valence-electron chi connectivity index (χ0n) is 13.7. The van der Waals surface area contributed by atoms with Gasteiger partial charge in [0.25, 0.3) is 0 Å². The third-order valence-corrected chi connectivity index (χ3v) is 3.67. The molecule has 0 fully saturated rings. The van der Waals surface area contributed by atoms with E-state index in [4.69, 9.17) is 0 Å². The molecule has 5 heteroatoms. The van der Waals surface area contributed by atoms with Gasteiger partial charge in [-0.2, -0.15) is 5.10 Å². The molecule has 0 saturated carbocycles. The molecule has 0 atom stereocenters. The summed E-state index contributed by atoms with van der Waals surface area (Å²) in [7, 11) is 1.90. The van der Waals surface area contributed by atoms with Gasteiger partial charge in [0.2, 0.25) is 0 Å². The van der Waals surface area contributed by atoms with Crippen LogP contribution < -0.4 is 0 Å². The molecule has 0 aromatic carbocycles. The van der Waals surface area contributed by atoms with Gasteiger partial charge in [0, 0.05) is 30.8 Å². The fourth-order valence-corrected chi connectivity index (χ4v) is 2.33. The lowest BCUT2D eigenvalue weighted by atomic mass is 9.89. The number of aliphatic carboxylic acids is 1. The molecule has 0 aliphatic heterocycles. The van der Waals surface area contributed by atoms with Crippen molar-refractivity contribution in [3.8, 4) is 0 Å². The molecule has 1 aromatic heterocycles. The molecule has 5 nitrogen and oxygen atoms in total. The molecule has 0 amide bonds. The molecule has 0 aliphatic carbocycles. The molecular formula is C15H27N3O2. The largest absolute Gasteiger partial charge is 0.480 e. The summed E-state index contributed by atoms with van der Waals surface area (Å²) in [5.74, 6) is -0.805. The third kappa shape index (κ3) is 3.39. The van der Waals surface area contributed by atoms with Crippen molar-refractivity contribution in [2.45, 2.75) is 59.0 Å². The minimum absolute atomic E-state index is 0.0522. The van der Waals surface area contributed by atoms with Crippen molar-refractivity contribution in [3.05, 3.63) is 17.5 Å². The first-order valence-corrected chi connectivity index (χ1v) is 7.01. The molecule has 1 N–H and O–H groups in total. The van der Waals surface area contributed by atoms with Crippen molar-refractivity contribution in [1.29, 1.82) is 0 Å². The normalized spacial score (nSPS) is 13.0. The van der Waals surface area contributed by atoms with Crippen LogP contribution in [-0.2, 0) is 23.8 Å². The van der Waals surface area contributed by atoms with Crippen molar-refractivity contribution in [1.82, 2.24) is 14.7 Å². The van der Waals surface area contributed by atoms with E-state index < -0.39 is 11.5 Å². The van der Waals surface area contributed by atoms with Crippen LogP contribution in [0, 0.1) is 0 Å². The first-order chi connectivity index (χ1) is 9.00. The Morgan fingerprint density at radius 3 is 2.30 bits per heavy atom. The predicted octanol–water partition coefficient (Wildman–Crippen LogP) is 2.40. The van der Waals surface area contributed by atoms with E-state index in [2.05, 4.69) is 25.9 Å². The lowest BCUT2D eigenvalue weighted by molar-refractivity contribution is -0.149. The molecule has 0 aliphatic rings. The highest BCUT2D eigenvalue weighted by Gasteiger charge is 2.35. The van der Waals surface area contributed by atoms with Crippen molar-refractivity contribution >= 4 is 5.97 Å². The number of carboxylic acid groups (broad SMARTS) is 1. The molecule has 0 spiro atoms. The van der Waals surface area contributed by atoms with Crippen LogP contribution in [0.15, 0.2) is 6.20 Å². The number of hydrogen-bond donors (Lipinski definition) is 1. The van der Waals surface area contributed by atoms with Gasteiger partial charge < -0.3 is 5.11 Å². The number of aromatic nitrogens is 2. The Balaban J connectivity index is 3.12. The quantitative estimate of drug-likeness (QED) is 0.900. The second-order valence-electron chi connectivity index (χ2n) is 6.80. The van der Waals surface area contributed by atoms with Crippen molar-refractivity contribution in [3.63, 3.8) is 0 Å². The van der Waals surface area contributed by atoms with Crippen molar-refractivity contribution in [2.24, 2.45) is 7.05 Å². The van der Waals surface area contributed by atoms with Gasteiger partial charge in [0.15, 0.2) is 0 Å². The smallest absolute Gasteiger partial charge is 0.323 e. The average Bonchev–Trinajstić information content (AvgIpc) is 2.66. The van der Waals surface area contributed by atoms with Gasteiger partial charge >= 0.3 is 5.97 Å². The van der Waals surface area contributed by atoms with Crippen LogP contribution >= 0.6 is 0 Å². The molecule has 20 heavy (non-hydrogen) atoms. The maximum atomic E-state index is 11.4. The van der Waals surface area contributed by atoms with E-state index in [9.17, 15) is 9.90 Å². The number of aryl methyl sites for hydroxylation is 1. The number of rotatable bonds is 5. The molecule has 1 rings (SSSR count). The summed E-state index contributed by atoms with van der Waals surface area (Å²) in [6.07, 6.45) is 1.99. The summed E-state index contributed by atoms with van der Waals surface area (Å²) in [6, 6.07) is 0. The van der Waals surface area contributed by atoms with Crippen LogP contribution in [0.3, 0.4) is 0 Å². The predicted molar refractivity (Wildman–Crippen MR) is 79.7 cm³/mol. The Bertz CT molecular complexity index is 484. The van der Waals surface area contributed by atoms with Gasteiger partial charge in [0.1, 0.15) is 5.54 Å². The van der Waals surface area contributed by atoms with Gasteiger partial charge in [-0.05, 0) is 20.4 Å². The summed E-state index contributed by atoms with van der Waals surface area (Å²) >= 11 is 0. The zero-order chi connectivity index (χ0) is 15.7. The number of hydrogen-bond acceptors (Lipinski definition) is 3. The topological polar surface area (TPSA) is 58.4 Å². The van der Waals surface area contributed by atoms with Crippen LogP contribution in [0.5, 0.6) is 0 Å². The van der Waals surface area contributed by atoms with Crippen LogP contribution in [0.2, 0.25) is 0 Å². The molecule has 114 valence electrons. The minimum Gasteiger partial charge on any atom is -0.480 e. The summed E-state index contributed by atoms with van der Waals surface area (Å²) in [5.41, 5.74) is 1.18. The Labute approximate surface area is 121 Å². The fourth-order valence-electron chi connectivity index (χ4n) is 2.33. The Morgan fingerprint density at radius 1 is 1.35 bits per heavy atom. The number of carbonyl (C=O) groups is 1. The van der Waals surface area contributed by atoms with Crippen LogP contribution in [0.1, 0.15) is 52.8 Å². The lowest BCUT2D eigenvalue weighted by Gasteiger charge is -2.34. The highest BCUT2D eigenvalue weighted by molar-refractivity contribution is 5.77. The van der Waals surface area contributed by atoms with Crippen LogP contribution in [0.4, 0.5) is 0 Å². The van der Waals surface area contributed by atoms with Crippen molar-refractivity contribution < 1.29 is 9.90 Å². The van der Waals surface area contributed by atoms with E-state index in [0.29, 0.717) is 13.1 Å². The summed E-state index contributed by atoms with van der Waals surface area (Å²) in [4.78, 5) is 13.4. The molecule has 1 aromatic rings. The molecule has 0 radical (unpaired) electrons. The van der Waals surface area contributed by atoms with E-state index in [1.54, 1.807) is 18.5 Å². The summed E-state index contributed by atoms with van der Waals surface area (Å²) in [6.45, 7) is 13.1. The molecular weight excluding hydrogens is 254 g/mol. The second kappa shape index (κ2) is 5.56. The van der Waals surface area contributed by atoms with Crippen LogP contribution in [0.25, 0.3) is 0 Å². The highest BCUT2D eigenvalue weighted by atomic mass is 16.4. The molecule has 0 bridgehead atoms. The first-order valence-electron chi connectivity index (χ1n) is 7.01. The summed E-state index contributed by atoms with van der Waals surface area (Å²) < 4.78 is 1.80. The van der Waals surface area contributed by atoms with E-state index in [1.165, 1.54) is 0 Å². The third-order valence-electron chi connectivity index (χ3n) is 3.67. The fraction of sp³-hybridized carbons (Fsp3) is 0.733. The van der Waals surface area contributed by atoms with Gasteiger partial charge in [-0.1, -0.05) is 27.7 Å². The van der Waals surface area contributed by atoms with E-state index in [-0.39, 0.29) is 5.41 Å². The number of carboxylic acids is 1. The maximum absolute atomic E-state index is 11.4. The number of nitrogens with zero attached hydrogens (tertiary/aromatic N) is 3. The van der Waals surface area contributed by atoms with E-state index in [0.717, 1.165) is 11.3 Å². The Morgan fingerprint density at radius 2 is 1.90 bits per heavy atom. The molecule has 0 unspecified atom stereocenters. The van der Waals surface area contributed by atoms with Gasteiger partial charge in [-0.3, -0.25) is 14.4 Å². The minimum atomic E-state index is -0.889. The molecule has 0 saturated heterocycles. The zero-order valence-corrected chi connectivity index (χ0v) is 13.7. The Kier molecular flexibility index (Phi) is 4.64. The van der Waals surface area contributed by atoms with E-state index >= 15 is 0 Å². The van der Waals surface area contributed by atoms with Crippen molar-refractivity contribution in [2.75, 3.05) is 6.54 Å². The Hall–Kier alpha value is -1.36. The highest BCUT2D eigenvalue weighted by Crippen LogP contribution is 2.27. The SMILES string of the molecule is CCN(Cc1cn(C)nc1C(C)(C)C)C(C)(C)C(=O)O. The van der Waals surface area contributed by atoms with Gasteiger partial charge in [-0.15, -0.1) is 0 Å².